The number of pyridine rings is 2. The van der Waals surface area contributed by atoms with E-state index in [-0.39, 0.29) is 5.91 Å². The van der Waals surface area contributed by atoms with Crippen LogP contribution in [-0.2, 0) is 0 Å². The molecule has 0 spiro atoms. The number of carbonyl (C=O) groups is 1. The van der Waals surface area contributed by atoms with Crippen molar-refractivity contribution in [1.82, 2.24) is 19.7 Å². The number of hydrogen-bond donors (Lipinski definition) is 1. The van der Waals surface area contributed by atoms with Crippen molar-refractivity contribution in [2.45, 2.75) is 13.8 Å². The molecule has 0 saturated carbocycles. The molecule has 1 N–H and O–H groups in total. The van der Waals surface area contributed by atoms with Gasteiger partial charge in [0.2, 0.25) is 0 Å². The first-order valence-corrected chi connectivity index (χ1v) is 7.88. The zero-order valence-corrected chi connectivity index (χ0v) is 14.7. The molecule has 0 aliphatic rings. The molecule has 0 radical (unpaired) electrons. The normalized spacial score (nSPS) is 10.6. The molecular formula is C18H20N6O. The summed E-state index contributed by atoms with van der Waals surface area (Å²) in [6, 6.07) is 9.05. The molecule has 3 heterocycles. The van der Waals surface area contributed by atoms with Gasteiger partial charge in [0.1, 0.15) is 5.82 Å². The number of anilines is 2. The number of hydrogen-bond acceptors (Lipinski definition) is 5. The van der Waals surface area contributed by atoms with Crippen molar-refractivity contribution in [3.63, 3.8) is 0 Å². The molecule has 128 valence electrons. The first kappa shape index (κ1) is 16.6. The summed E-state index contributed by atoms with van der Waals surface area (Å²) in [4.78, 5) is 22.8. The van der Waals surface area contributed by atoms with Crippen molar-refractivity contribution in [1.29, 1.82) is 0 Å². The Bertz CT molecular complexity index is 898. The van der Waals surface area contributed by atoms with E-state index in [1.165, 1.54) is 0 Å². The third-order valence-corrected chi connectivity index (χ3v) is 3.70. The van der Waals surface area contributed by atoms with E-state index in [1.807, 2.05) is 51.0 Å². The van der Waals surface area contributed by atoms with Crippen molar-refractivity contribution in [3.8, 4) is 5.82 Å². The van der Waals surface area contributed by atoms with Crippen LogP contribution in [0, 0.1) is 13.8 Å². The molecular weight excluding hydrogens is 316 g/mol. The molecule has 0 aromatic carbocycles. The van der Waals surface area contributed by atoms with Gasteiger partial charge in [-0.15, -0.1) is 0 Å². The molecule has 25 heavy (non-hydrogen) atoms. The first-order chi connectivity index (χ1) is 11.9. The Labute approximate surface area is 146 Å². The van der Waals surface area contributed by atoms with E-state index in [0.717, 1.165) is 17.2 Å². The highest BCUT2D eigenvalue weighted by molar-refractivity contribution is 6.04. The molecule has 3 aromatic rings. The molecule has 0 aliphatic heterocycles. The molecule has 0 saturated heterocycles. The second-order valence-electron chi connectivity index (χ2n) is 6.00. The van der Waals surface area contributed by atoms with Gasteiger partial charge in [0.25, 0.3) is 5.91 Å². The summed E-state index contributed by atoms with van der Waals surface area (Å²) < 4.78 is 1.77. The van der Waals surface area contributed by atoms with E-state index >= 15 is 0 Å². The predicted octanol–water partition coefficient (Wildman–Crippen LogP) is 2.60. The molecule has 0 bridgehead atoms. The number of nitrogens with one attached hydrogen (secondary N) is 1. The average Bonchev–Trinajstić information content (AvgIpc) is 2.94. The van der Waals surface area contributed by atoms with Crippen molar-refractivity contribution in [2.24, 2.45) is 0 Å². The van der Waals surface area contributed by atoms with Gasteiger partial charge in [-0.25, -0.2) is 14.6 Å². The monoisotopic (exact) mass is 336 g/mol. The number of amides is 1. The van der Waals surface area contributed by atoms with Gasteiger partial charge in [0.05, 0.1) is 17.6 Å². The summed E-state index contributed by atoms with van der Waals surface area (Å²) in [5.74, 6) is 1.24. The minimum atomic E-state index is -0.203. The molecule has 3 aromatic heterocycles. The predicted molar refractivity (Wildman–Crippen MR) is 97.4 cm³/mol. The van der Waals surface area contributed by atoms with Crippen LogP contribution in [0.4, 0.5) is 11.5 Å². The molecule has 7 nitrogen and oxygen atoms in total. The molecule has 1 amide bonds. The maximum Gasteiger partial charge on any atom is 0.255 e. The lowest BCUT2D eigenvalue weighted by Gasteiger charge is -2.12. The van der Waals surface area contributed by atoms with E-state index in [2.05, 4.69) is 20.4 Å². The van der Waals surface area contributed by atoms with E-state index in [1.54, 1.807) is 29.2 Å². The Kier molecular flexibility index (Phi) is 4.47. The SMILES string of the molecule is Cc1cc(C)n(-c2ccc(NC(=O)c3ccnc(N(C)C)c3)cn2)n1. The highest BCUT2D eigenvalue weighted by atomic mass is 16.1. The fourth-order valence-electron chi connectivity index (χ4n) is 2.45. The third-order valence-electron chi connectivity index (χ3n) is 3.70. The van der Waals surface area contributed by atoms with Gasteiger partial charge >= 0.3 is 0 Å². The van der Waals surface area contributed by atoms with E-state index in [4.69, 9.17) is 0 Å². The standard InChI is InChI=1S/C18H20N6O/c1-12-9-13(2)24(22-12)16-6-5-15(11-20-16)21-18(25)14-7-8-19-17(10-14)23(3)4/h5-11H,1-4H3,(H,21,25). The van der Waals surface area contributed by atoms with Crippen molar-refractivity contribution in [2.75, 3.05) is 24.3 Å². The quantitative estimate of drug-likeness (QED) is 0.792. The number of nitrogens with zero attached hydrogens (tertiary/aromatic N) is 5. The fourth-order valence-corrected chi connectivity index (χ4v) is 2.45. The van der Waals surface area contributed by atoms with Gasteiger partial charge in [-0.1, -0.05) is 0 Å². The minimum absolute atomic E-state index is 0.203. The summed E-state index contributed by atoms with van der Waals surface area (Å²) >= 11 is 0. The van der Waals surface area contributed by atoms with Crippen LogP contribution < -0.4 is 10.2 Å². The van der Waals surface area contributed by atoms with Crippen molar-refractivity contribution < 1.29 is 4.79 Å². The molecule has 7 heteroatoms. The average molecular weight is 336 g/mol. The highest BCUT2D eigenvalue weighted by Crippen LogP contribution is 2.15. The number of carbonyl (C=O) groups excluding carboxylic acids is 1. The Morgan fingerprint density at radius 1 is 1.12 bits per heavy atom. The van der Waals surface area contributed by atoms with Gasteiger partial charge in [0.15, 0.2) is 5.82 Å². The smallest absolute Gasteiger partial charge is 0.255 e. The van der Waals surface area contributed by atoms with Crippen LogP contribution in [0.1, 0.15) is 21.7 Å². The van der Waals surface area contributed by atoms with Gasteiger partial charge in [0, 0.05) is 31.5 Å². The van der Waals surface area contributed by atoms with Gasteiger partial charge in [-0.3, -0.25) is 4.79 Å². The van der Waals surface area contributed by atoms with Crippen LogP contribution in [0.3, 0.4) is 0 Å². The van der Waals surface area contributed by atoms with Crippen molar-refractivity contribution in [3.05, 3.63) is 59.7 Å². The Morgan fingerprint density at radius 2 is 1.92 bits per heavy atom. The largest absolute Gasteiger partial charge is 0.363 e. The Hall–Kier alpha value is -3.22. The number of rotatable bonds is 4. The second-order valence-corrected chi connectivity index (χ2v) is 6.00. The van der Waals surface area contributed by atoms with Crippen LogP contribution >= 0.6 is 0 Å². The summed E-state index contributed by atoms with van der Waals surface area (Å²) in [6.07, 6.45) is 3.24. The first-order valence-electron chi connectivity index (χ1n) is 7.88. The number of aromatic nitrogens is 4. The Morgan fingerprint density at radius 3 is 2.52 bits per heavy atom. The summed E-state index contributed by atoms with van der Waals surface area (Å²) in [5.41, 5.74) is 3.11. The van der Waals surface area contributed by atoms with Crippen LogP contribution in [0.25, 0.3) is 5.82 Å². The minimum Gasteiger partial charge on any atom is -0.363 e. The van der Waals surface area contributed by atoms with E-state index < -0.39 is 0 Å². The fraction of sp³-hybridized carbons (Fsp3) is 0.222. The summed E-state index contributed by atoms with van der Waals surface area (Å²) in [7, 11) is 3.76. The number of aryl methyl sites for hydroxylation is 2. The van der Waals surface area contributed by atoms with E-state index in [9.17, 15) is 4.79 Å². The zero-order chi connectivity index (χ0) is 18.0. The lowest BCUT2D eigenvalue weighted by atomic mass is 10.2. The second kappa shape index (κ2) is 6.72. The molecule has 0 aliphatic carbocycles. The molecule has 3 rings (SSSR count). The van der Waals surface area contributed by atoms with Crippen LogP contribution in [0.5, 0.6) is 0 Å². The summed E-state index contributed by atoms with van der Waals surface area (Å²) in [5, 5.41) is 7.25. The zero-order valence-electron chi connectivity index (χ0n) is 14.7. The third kappa shape index (κ3) is 3.65. The van der Waals surface area contributed by atoms with Crippen molar-refractivity contribution >= 4 is 17.4 Å². The Balaban J connectivity index is 1.76. The van der Waals surface area contributed by atoms with Gasteiger partial charge < -0.3 is 10.2 Å². The maximum absolute atomic E-state index is 12.4. The lowest BCUT2D eigenvalue weighted by Crippen LogP contribution is -2.15. The molecule has 0 unspecified atom stereocenters. The molecule has 0 fully saturated rings. The van der Waals surface area contributed by atoms with Crippen LogP contribution in [-0.4, -0.2) is 39.8 Å². The van der Waals surface area contributed by atoms with Gasteiger partial charge in [-0.2, -0.15) is 5.10 Å². The van der Waals surface area contributed by atoms with Crippen LogP contribution in [0.2, 0.25) is 0 Å². The highest BCUT2D eigenvalue weighted by Gasteiger charge is 2.10. The van der Waals surface area contributed by atoms with Crippen LogP contribution in [0.15, 0.2) is 42.7 Å². The van der Waals surface area contributed by atoms with Gasteiger partial charge in [-0.05, 0) is 44.2 Å². The lowest BCUT2D eigenvalue weighted by molar-refractivity contribution is 0.102. The topological polar surface area (TPSA) is 75.9 Å². The summed E-state index contributed by atoms with van der Waals surface area (Å²) in [6.45, 7) is 3.91. The van der Waals surface area contributed by atoms with E-state index in [0.29, 0.717) is 17.1 Å². The maximum atomic E-state index is 12.4. The molecule has 0 atom stereocenters.